The van der Waals surface area contributed by atoms with Gasteiger partial charge in [0.1, 0.15) is 17.2 Å². The van der Waals surface area contributed by atoms with Crippen molar-refractivity contribution in [2.75, 3.05) is 14.2 Å². The average Bonchev–Trinajstić information content (AvgIpc) is 3.27. The molecule has 2 aromatic carbocycles. The number of carbonyl (C=O) groups excluding carboxylic acids is 1. The van der Waals surface area contributed by atoms with Gasteiger partial charge in [-0.25, -0.2) is 0 Å². The number of nitrogens with zero attached hydrogens (tertiary/aromatic N) is 2. The molecule has 3 aromatic rings. The molecule has 150 valence electrons. The van der Waals surface area contributed by atoms with E-state index in [-0.39, 0.29) is 18.0 Å². The van der Waals surface area contributed by atoms with E-state index in [4.69, 9.17) is 21.1 Å². The highest BCUT2D eigenvalue weighted by molar-refractivity contribution is 6.30. The Balaban J connectivity index is 1.93. The molecule has 29 heavy (non-hydrogen) atoms. The van der Waals surface area contributed by atoms with Crippen molar-refractivity contribution in [2.24, 2.45) is 0 Å². The van der Waals surface area contributed by atoms with E-state index in [9.17, 15) is 4.79 Å². The maximum Gasteiger partial charge on any atom is 0.273 e. The number of fused-ring (bicyclic) bond motifs is 1. The van der Waals surface area contributed by atoms with Crippen molar-refractivity contribution in [3.05, 3.63) is 64.3 Å². The Morgan fingerprint density at radius 2 is 1.83 bits per heavy atom. The summed E-state index contributed by atoms with van der Waals surface area (Å²) in [7, 11) is 3.23. The molecule has 1 unspecified atom stereocenters. The van der Waals surface area contributed by atoms with Crippen LogP contribution in [0.2, 0.25) is 5.02 Å². The summed E-state index contributed by atoms with van der Waals surface area (Å²) in [6.45, 7) is 4.00. The number of halogens is 1. The lowest BCUT2D eigenvalue weighted by molar-refractivity contribution is 0.0686. The first kappa shape index (κ1) is 19.3. The number of rotatable bonds is 5. The summed E-state index contributed by atoms with van der Waals surface area (Å²) in [5.41, 5.74) is 3.85. The maximum absolute atomic E-state index is 13.2. The standard InChI is InChI=1S/C22H22ClN3O3/c1-12(2)26-21(16-10-9-15(28-3)11-17(16)29-4)18-19(24-25-20(18)22(26)27)13-5-7-14(23)8-6-13/h5-12,21H,1-4H3,(H,24,25). The van der Waals surface area contributed by atoms with E-state index >= 15 is 0 Å². The van der Waals surface area contributed by atoms with Crippen molar-refractivity contribution in [3.8, 4) is 22.8 Å². The fourth-order valence-corrected chi connectivity index (χ4v) is 4.00. The van der Waals surface area contributed by atoms with Crippen molar-refractivity contribution >= 4 is 17.5 Å². The number of methoxy groups -OCH3 is 2. The third-order valence-corrected chi connectivity index (χ3v) is 5.47. The van der Waals surface area contributed by atoms with Crippen LogP contribution >= 0.6 is 11.6 Å². The smallest absolute Gasteiger partial charge is 0.273 e. The molecule has 0 spiro atoms. The third-order valence-electron chi connectivity index (χ3n) is 5.21. The number of H-pyrrole nitrogens is 1. The van der Waals surface area contributed by atoms with Crippen LogP contribution in [-0.4, -0.2) is 41.3 Å². The molecule has 0 aliphatic carbocycles. The molecule has 1 aliphatic rings. The van der Waals surface area contributed by atoms with Crippen molar-refractivity contribution < 1.29 is 14.3 Å². The van der Waals surface area contributed by atoms with Crippen LogP contribution in [0.1, 0.15) is 41.5 Å². The summed E-state index contributed by atoms with van der Waals surface area (Å²) < 4.78 is 11.0. The van der Waals surface area contributed by atoms with Crippen molar-refractivity contribution in [2.45, 2.75) is 25.9 Å². The van der Waals surface area contributed by atoms with Gasteiger partial charge in [0.25, 0.3) is 5.91 Å². The van der Waals surface area contributed by atoms with E-state index in [1.165, 1.54) is 0 Å². The van der Waals surface area contributed by atoms with Crippen molar-refractivity contribution in [1.82, 2.24) is 15.1 Å². The van der Waals surface area contributed by atoms with Crippen LogP contribution in [0.15, 0.2) is 42.5 Å². The summed E-state index contributed by atoms with van der Waals surface area (Å²) in [6.07, 6.45) is 0. The second-order valence-corrected chi connectivity index (χ2v) is 7.62. The number of hydrogen-bond donors (Lipinski definition) is 1. The second-order valence-electron chi connectivity index (χ2n) is 7.18. The maximum atomic E-state index is 13.2. The van der Waals surface area contributed by atoms with Crippen LogP contribution in [-0.2, 0) is 0 Å². The van der Waals surface area contributed by atoms with Crippen LogP contribution in [0.3, 0.4) is 0 Å². The fourth-order valence-electron chi connectivity index (χ4n) is 3.88. The molecule has 1 N–H and O–H groups in total. The molecular formula is C22H22ClN3O3. The van der Waals surface area contributed by atoms with Crippen molar-refractivity contribution in [1.29, 1.82) is 0 Å². The van der Waals surface area contributed by atoms with Gasteiger partial charge in [0.2, 0.25) is 0 Å². The highest BCUT2D eigenvalue weighted by Crippen LogP contribution is 2.46. The molecule has 1 aliphatic heterocycles. The summed E-state index contributed by atoms with van der Waals surface area (Å²) in [6, 6.07) is 12.8. The van der Waals surface area contributed by atoms with Crippen molar-refractivity contribution in [3.63, 3.8) is 0 Å². The number of benzene rings is 2. The van der Waals surface area contributed by atoms with Gasteiger partial charge in [-0.3, -0.25) is 9.89 Å². The van der Waals surface area contributed by atoms with Crippen LogP contribution in [0.25, 0.3) is 11.3 Å². The van der Waals surface area contributed by atoms with E-state index < -0.39 is 0 Å². The molecule has 1 amide bonds. The molecule has 0 saturated heterocycles. The van der Waals surface area contributed by atoms with Crippen LogP contribution in [0, 0.1) is 0 Å². The van der Waals surface area contributed by atoms with Crippen LogP contribution in [0.4, 0.5) is 0 Å². The topological polar surface area (TPSA) is 67.5 Å². The predicted molar refractivity (Wildman–Crippen MR) is 112 cm³/mol. The molecule has 1 aromatic heterocycles. The normalized spacial score (nSPS) is 15.7. The van der Waals surface area contributed by atoms with Gasteiger partial charge in [0.15, 0.2) is 0 Å². The third kappa shape index (κ3) is 3.13. The number of nitrogens with one attached hydrogen (secondary N) is 1. The number of ether oxygens (including phenoxy) is 2. The number of hydrogen-bond acceptors (Lipinski definition) is 4. The molecule has 0 bridgehead atoms. The molecule has 2 heterocycles. The van der Waals surface area contributed by atoms with Gasteiger partial charge in [0.05, 0.1) is 26.0 Å². The van der Waals surface area contributed by atoms with E-state index in [0.717, 1.165) is 22.4 Å². The molecule has 6 nitrogen and oxygen atoms in total. The number of aromatic nitrogens is 2. The first-order valence-electron chi connectivity index (χ1n) is 9.35. The minimum absolute atomic E-state index is 0.0156. The fraction of sp³-hybridized carbons (Fsp3) is 0.273. The zero-order valence-electron chi connectivity index (χ0n) is 16.7. The minimum Gasteiger partial charge on any atom is -0.497 e. The molecule has 0 saturated carbocycles. The molecule has 1 atom stereocenters. The first-order chi connectivity index (χ1) is 14.0. The van der Waals surface area contributed by atoms with Crippen LogP contribution < -0.4 is 9.47 Å². The molecular weight excluding hydrogens is 390 g/mol. The van der Waals surface area contributed by atoms with E-state index in [2.05, 4.69) is 10.2 Å². The Labute approximate surface area is 174 Å². The zero-order valence-corrected chi connectivity index (χ0v) is 17.4. The van der Waals surface area contributed by atoms with E-state index in [0.29, 0.717) is 22.2 Å². The Kier molecular flexibility index (Phi) is 4.96. The highest BCUT2D eigenvalue weighted by atomic mass is 35.5. The van der Waals surface area contributed by atoms with Gasteiger partial charge in [-0.2, -0.15) is 5.10 Å². The largest absolute Gasteiger partial charge is 0.497 e. The van der Waals surface area contributed by atoms with Gasteiger partial charge >= 0.3 is 0 Å². The van der Waals surface area contributed by atoms with E-state index in [1.54, 1.807) is 14.2 Å². The lowest BCUT2D eigenvalue weighted by atomic mass is 9.95. The minimum atomic E-state index is -0.331. The average molecular weight is 412 g/mol. The molecule has 4 rings (SSSR count). The number of aromatic amines is 1. The first-order valence-corrected chi connectivity index (χ1v) is 9.72. The summed E-state index contributed by atoms with van der Waals surface area (Å²) in [5.74, 6) is 1.27. The second kappa shape index (κ2) is 7.44. The zero-order chi connectivity index (χ0) is 20.7. The van der Waals surface area contributed by atoms with Gasteiger partial charge in [0, 0.05) is 33.8 Å². The Bertz CT molecular complexity index is 1060. The SMILES string of the molecule is COc1ccc(C2c3c(-c4ccc(Cl)cc4)n[nH]c3C(=O)N2C(C)C)c(OC)c1. The molecule has 0 fully saturated rings. The summed E-state index contributed by atoms with van der Waals surface area (Å²) in [5, 5.41) is 8.07. The Morgan fingerprint density at radius 1 is 1.10 bits per heavy atom. The summed E-state index contributed by atoms with van der Waals surface area (Å²) in [4.78, 5) is 15.1. The number of carbonyl (C=O) groups is 1. The Hall–Kier alpha value is -2.99. The van der Waals surface area contributed by atoms with E-state index in [1.807, 2.05) is 61.2 Å². The predicted octanol–water partition coefficient (Wildman–Crippen LogP) is 4.70. The highest BCUT2D eigenvalue weighted by Gasteiger charge is 2.44. The van der Waals surface area contributed by atoms with Gasteiger partial charge in [-0.05, 0) is 38.1 Å². The van der Waals surface area contributed by atoms with Crippen LogP contribution in [0.5, 0.6) is 11.5 Å². The van der Waals surface area contributed by atoms with Gasteiger partial charge < -0.3 is 14.4 Å². The number of amides is 1. The molecule has 7 heteroatoms. The Morgan fingerprint density at radius 3 is 2.45 bits per heavy atom. The quantitative estimate of drug-likeness (QED) is 0.660. The molecule has 0 radical (unpaired) electrons. The van der Waals surface area contributed by atoms with Gasteiger partial charge in [-0.15, -0.1) is 0 Å². The van der Waals surface area contributed by atoms with Gasteiger partial charge in [-0.1, -0.05) is 23.7 Å². The lowest BCUT2D eigenvalue weighted by Gasteiger charge is -2.30. The lowest BCUT2D eigenvalue weighted by Crippen LogP contribution is -2.35. The monoisotopic (exact) mass is 411 g/mol. The summed E-state index contributed by atoms with van der Waals surface area (Å²) >= 11 is 6.05.